The van der Waals surface area contributed by atoms with Gasteiger partial charge in [0.1, 0.15) is 0 Å². The van der Waals surface area contributed by atoms with Crippen molar-refractivity contribution in [1.82, 2.24) is 29.7 Å². The third kappa shape index (κ3) is 4.21. The SMILES string of the molecule is N=c1sc2cccc(S)c2n1-c1nc(SCc2ccccc2)nc2n[nH]c(Cc3nc4ccccc4s3)c12. The van der Waals surface area contributed by atoms with Gasteiger partial charge in [-0.25, -0.2) is 15.0 Å². The minimum atomic E-state index is 0.368. The number of nitrogens with zero attached hydrogens (tertiary/aromatic N) is 5. The smallest absolute Gasteiger partial charge is 0.192 e. The predicted octanol–water partition coefficient (Wildman–Crippen LogP) is 6.62. The largest absolute Gasteiger partial charge is 0.279 e. The van der Waals surface area contributed by atoms with E-state index in [4.69, 9.17) is 33.0 Å². The third-order valence-corrected chi connectivity index (χ3v) is 9.39. The number of hydrogen-bond donors (Lipinski definition) is 3. The molecule has 38 heavy (non-hydrogen) atoms. The van der Waals surface area contributed by atoms with E-state index in [1.54, 1.807) is 23.1 Å². The summed E-state index contributed by atoms with van der Waals surface area (Å²) >= 11 is 9.36. The molecular formula is C27H19N7S4. The van der Waals surface area contributed by atoms with Crippen LogP contribution in [0.15, 0.2) is 82.8 Å². The van der Waals surface area contributed by atoms with E-state index in [9.17, 15) is 0 Å². The molecule has 0 fully saturated rings. The molecule has 4 heterocycles. The molecule has 0 saturated heterocycles. The Morgan fingerprint density at radius 1 is 0.895 bits per heavy atom. The molecule has 7 aromatic rings. The van der Waals surface area contributed by atoms with Crippen LogP contribution in [-0.4, -0.2) is 29.7 Å². The van der Waals surface area contributed by atoms with Crippen LogP contribution < -0.4 is 4.80 Å². The standard InChI is InChI=1S/C27H19N7S4/c28-26-34(23-18(35)10-6-12-20(23)38-26)25-22-17(13-21-29-16-9-4-5-11-19(16)37-21)32-33-24(22)30-27(31-25)36-14-15-7-2-1-3-8-15/h1-12,28,35H,13-14H2,(H,30,31,32,33). The number of hydrogen-bond acceptors (Lipinski definition) is 9. The van der Waals surface area contributed by atoms with Gasteiger partial charge in [-0.15, -0.1) is 24.0 Å². The number of aromatic amines is 1. The van der Waals surface area contributed by atoms with E-state index in [1.165, 1.54) is 16.9 Å². The molecule has 0 bridgehead atoms. The summed E-state index contributed by atoms with van der Waals surface area (Å²) in [5.74, 6) is 1.36. The second-order valence-electron chi connectivity index (χ2n) is 8.62. The van der Waals surface area contributed by atoms with E-state index >= 15 is 0 Å². The normalized spacial score (nSPS) is 11.7. The van der Waals surface area contributed by atoms with Crippen LogP contribution in [0.4, 0.5) is 0 Å². The monoisotopic (exact) mass is 569 g/mol. The zero-order chi connectivity index (χ0) is 25.6. The van der Waals surface area contributed by atoms with Crippen molar-refractivity contribution in [3.63, 3.8) is 0 Å². The molecule has 3 aromatic carbocycles. The van der Waals surface area contributed by atoms with Gasteiger partial charge < -0.3 is 0 Å². The van der Waals surface area contributed by atoms with Crippen LogP contribution >= 0.6 is 47.1 Å². The topological polar surface area (TPSA) is 96.1 Å². The van der Waals surface area contributed by atoms with E-state index in [0.717, 1.165) is 47.2 Å². The maximum atomic E-state index is 8.87. The Kier molecular flexibility index (Phi) is 6.00. The molecule has 0 aliphatic rings. The van der Waals surface area contributed by atoms with Crippen molar-refractivity contribution in [2.24, 2.45) is 0 Å². The average molecular weight is 570 g/mol. The molecule has 0 radical (unpaired) electrons. The second kappa shape index (κ2) is 9.66. The maximum Gasteiger partial charge on any atom is 0.192 e. The number of benzene rings is 3. The van der Waals surface area contributed by atoms with Crippen LogP contribution in [-0.2, 0) is 12.2 Å². The third-order valence-electron chi connectivity index (χ3n) is 6.15. The van der Waals surface area contributed by atoms with Gasteiger partial charge in [0.05, 0.1) is 36.5 Å². The first kappa shape index (κ1) is 23.6. The van der Waals surface area contributed by atoms with E-state index in [1.807, 2.05) is 59.2 Å². The first-order chi connectivity index (χ1) is 18.6. The lowest BCUT2D eigenvalue weighted by Gasteiger charge is -2.10. The molecule has 0 saturated carbocycles. The van der Waals surface area contributed by atoms with E-state index < -0.39 is 0 Å². The molecule has 7 nitrogen and oxygen atoms in total. The average Bonchev–Trinajstić information content (AvgIpc) is 3.63. The Bertz CT molecular complexity index is 1970. The summed E-state index contributed by atoms with van der Waals surface area (Å²) in [6.07, 6.45) is 0.562. The molecule has 0 atom stereocenters. The van der Waals surface area contributed by atoms with Crippen molar-refractivity contribution in [1.29, 1.82) is 5.41 Å². The van der Waals surface area contributed by atoms with Crippen molar-refractivity contribution in [3.8, 4) is 5.82 Å². The highest BCUT2D eigenvalue weighted by molar-refractivity contribution is 7.98. The van der Waals surface area contributed by atoms with E-state index in [-0.39, 0.29) is 0 Å². The highest BCUT2D eigenvalue weighted by Gasteiger charge is 2.21. The van der Waals surface area contributed by atoms with Crippen molar-refractivity contribution in [3.05, 3.63) is 93.9 Å². The minimum Gasteiger partial charge on any atom is -0.279 e. The molecule has 2 N–H and O–H groups in total. The number of rotatable bonds is 6. The highest BCUT2D eigenvalue weighted by atomic mass is 32.2. The van der Waals surface area contributed by atoms with Gasteiger partial charge in [-0.2, -0.15) is 5.10 Å². The number of aromatic nitrogens is 6. The van der Waals surface area contributed by atoms with Crippen molar-refractivity contribution in [2.75, 3.05) is 0 Å². The van der Waals surface area contributed by atoms with Gasteiger partial charge in [0.15, 0.2) is 21.4 Å². The molecular weight excluding hydrogens is 551 g/mol. The van der Waals surface area contributed by atoms with Gasteiger partial charge in [0, 0.05) is 17.1 Å². The molecule has 186 valence electrons. The van der Waals surface area contributed by atoms with Crippen LogP contribution in [0.5, 0.6) is 0 Å². The molecule has 0 aliphatic heterocycles. The number of H-pyrrole nitrogens is 1. The van der Waals surface area contributed by atoms with Crippen LogP contribution in [0.25, 0.3) is 37.3 Å². The first-order valence-corrected chi connectivity index (χ1v) is 14.9. The fourth-order valence-corrected chi connectivity index (χ4v) is 7.51. The first-order valence-electron chi connectivity index (χ1n) is 11.8. The number of thiol groups is 1. The van der Waals surface area contributed by atoms with Crippen LogP contribution in [0, 0.1) is 5.41 Å². The van der Waals surface area contributed by atoms with Gasteiger partial charge in [0.2, 0.25) is 0 Å². The quantitative estimate of drug-likeness (QED) is 0.119. The van der Waals surface area contributed by atoms with Crippen molar-refractivity contribution < 1.29 is 0 Å². The lowest BCUT2D eigenvalue weighted by Crippen LogP contribution is -2.14. The molecule has 0 unspecified atom stereocenters. The number of nitrogens with one attached hydrogen (secondary N) is 2. The number of thiazole rings is 2. The van der Waals surface area contributed by atoms with Gasteiger partial charge in [-0.3, -0.25) is 15.1 Å². The molecule has 4 aromatic heterocycles. The van der Waals surface area contributed by atoms with Crippen molar-refractivity contribution >= 4 is 78.5 Å². The highest BCUT2D eigenvalue weighted by Crippen LogP contribution is 2.33. The number of fused-ring (bicyclic) bond motifs is 3. The second-order valence-corrected chi connectivity index (χ2v) is 12.2. The van der Waals surface area contributed by atoms with Gasteiger partial charge in [0.25, 0.3) is 0 Å². The minimum absolute atomic E-state index is 0.368. The lowest BCUT2D eigenvalue weighted by molar-refractivity contribution is 0.898. The summed E-state index contributed by atoms with van der Waals surface area (Å²) in [5, 5.41) is 19.0. The fraction of sp³-hybridized carbons (Fsp3) is 0.0741. The number of thioether (sulfide) groups is 1. The summed E-state index contributed by atoms with van der Waals surface area (Å²) in [5.41, 5.74) is 4.48. The fourth-order valence-electron chi connectivity index (χ4n) is 4.44. The summed E-state index contributed by atoms with van der Waals surface area (Å²) in [6, 6.07) is 24.3. The van der Waals surface area contributed by atoms with Gasteiger partial charge in [-0.05, 0) is 29.8 Å². The molecule has 0 aliphatic carbocycles. The summed E-state index contributed by atoms with van der Waals surface area (Å²) in [4.78, 5) is 15.8. The molecule has 0 amide bonds. The maximum absolute atomic E-state index is 8.87. The van der Waals surface area contributed by atoms with Gasteiger partial charge in [-0.1, -0.05) is 71.6 Å². The Labute approximate surface area is 234 Å². The molecule has 0 spiro atoms. The number of para-hydroxylation sites is 2. The Hall–Kier alpha value is -3.51. The lowest BCUT2D eigenvalue weighted by atomic mass is 10.2. The predicted molar refractivity (Wildman–Crippen MR) is 158 cm³/mol. The zero-order valence-electron chi connectivity index (χ0n) is 19.8. The van der Waals surface area contributed by atoms with Gasteiger partial charge >= 0.3 is 0 Å². The Morgan fingerprint density at radius 2 is 1.71 bits per heavy atom. The zero-order valence-corrected chi connectivity index (χ0v) is 23.1. The van der Waals surface area contributed by atoms with E-state index in [0.29, 0.717) is 27.8 Å². The summed E-state index contributed by atoms with van der Waals surface area (Å²) in [7, 11) is 0. The molecule has 7 rings (SSSR count). The van der Waals surface area contributed by atoms with E-state index in [2.05, 4.69) is 28.4 Å². The Morgan fingerprint density at radius 3 is 2.58 bits per heavy atom. The van der Waals surface area contributed by atoms with Crippen LogP contribution in [0.3, 0.4) is 0 Å². The summed E-state index contributed by atoms with van der Waals surface area (Å²) in [6.45, 7) is 0. The van der Waals surface area contributed by atoms with Crippen LogP contribution in [0.2, 0.25) is 0 Å². The van der Waals surface area contributed by atoms with Crippen LogP contribution in [0.1, 0.15) is 16.3 Å². The van der Waals surface area contributed by atoms with Crippen molar-refractivity contribution in [2.45, 2.75) is 22.2 Å². The Balaban J connectivity index is 1.40. The molecule has 11 heteroatoms. The summed E-state index contributed by atoms with van der Waals surface area (Å²) < 4.78 is 3.99.